The van der Waals surface area contributed by atoms with Gasteiger partial charge in [0.05, 0.1) is 18.6 Å². The van der Waals surface area contributed by atoms with Gasteiger partial charge in [-0.25, -0.2) is 0 Å². The first-order valence-corrected chi connectivity index (χ1v) is 12.3. The van der Waals surface area contributed by atoms with Crippen molar-refractivity contribution in [2.45, 2.75) is 24.8 Å². The Bertz CT molecular complexity index is 1010. The smallest absolute Gasteiger partial charge is 0.241 e. The van der Waals surface area contributed by atoms with Crippen LogP contribution in [-0.4, -0.2) is 78.9 Å². The van der Waals surface area contributed by atoms with Crippen LogP contribution in [0.4, 0.5) is 0 Å². The van der Waals surface area contributed by atoms with Crippen LogP contribution in [0.1, 0.15) is 23.3 Å². The lowest BCUT2D eigenvalue weighted by atomic mass is 9.75. The minimum atomic E-state index is -1.28. The van der Waals surface area contributed by atoms with Crippen molar-refractivity contribution in [2.75, 3.05) is 46.4 Å². The summed E-state index contributed by atoms with van der Waals surface area (Å²) < 4.78 is 5.07. The maximum atomic E-state index is 13.6. The molecule has 1 atom stereocenters. The average Bonchev–Trinajstić information content (AvgIpc) is 3.40. The fourth-order valence-corrected chi connectivity index (χ4v) is 5.71. The van der Waals surface area contributed by atoms with Crippen LogP contribution in [0.5, 0.6) is 0 Å². The molecule has 0 N–H and O–H groups in total. The van der Waals surface area contributed by atoms with E-state index in [1.807, 2.05) is 6.07 Å². The maximum Gasteiger partial charge on any atom is 0.241 e. The SMILES string of the molecule is COCCN1C(=O)C[C@@](CC(=O)N2CCN(Cc3cccs3)CC2)(c2ccccc2Cl)C1=O. The second kappa shape index (κ2) is 10.3. The van der Waals surface area contributed by atoms with Gasteiger partial charge in [-0.15, -0.1) is 11.3 Å². The van der Waals surface area contributed by atoms with Gasteiger partial charge in [-0.3, -0.25) is 24.2 Å². The van der Waals surface area contributed by atoms with Gasteiger partial charge in [-0.2, -0.15) is 0 Å². The Hall–Kier alpha value is -2.26. The highest BCUT2D eigenvalue weighted by atomic mass is 35.5. The number of hydrogen-bond donors (Lipinski definition) is 0. The highest BCUT2D eigenvalue weighted by Crippen LogP contribution is 2.43. The monoisotopic (exact) mass is 489 g/mol. The van der Waals surface area contributed by atoms with Crippen molar-refractivity contribution in [3.05, 3.63) is 57.2 Å². The molecule has 2 saturated heterocycles. The Labute approximate surface area is 202 Å². The topological polar surface area (TPSA) is 70.2 Å². The quantitative estimate of drug-likeness (QED) is 0.533. The zero-order chi connectivity index (χ0) is 23.4. The van der Waals surface area contributed by atoms with E-state index in [2.05, 4.69) is 16.3 Å². The van der Waals surface area contributed by atoms with Gasteiger partial charge in [0.15, 0.2) is 0 Å². The molecule has 2 aliphatic heterocycles. The van der Waals surface area contributed by atoms with E-state index in [0.717, 1.165) is 19.6 Å². The first-order valence-electron chi connectivity index (χ1n) is 11.1. The largest absolute Gasteiger partial charge is 0.383 e. The third kappa shape index (κ3) is 4.99. The Morgan fingerprint density at radius 2 is 1.88 bits per heavy atom. The Balaban J connectivity index is 1.51. The number of methoxy groups -OCH3 is 1. The molecule has 0 unspecified atom stereocenters. The summed E-state index contributed by atoms with van der Waals surface area (Å²) in [4.78, 5) is 46.4. The lowest BCUT2D eigenvalue weighted by molar-refractivity contribution is -0.143. The molecule has 3 amide bonds. The molecule has 2 aliphatic rings. The molecule has 33 heavy (non-hydrogen) atoms. The van der Waals surface area contributed by atoms with E-state index in [-0.39, 0.29) is 43.7 Å². The molecule has 0 spiro atoms. The van der Waals surface area contributed by atoms with Gasteiger partial charge in [0.1, 0.15) is 0 Å². The van der Waals surface area contributed by atoms with Crippen molar-refractivity contribution < 1.29 is 19.1 Å². The van der Waals surface area contributed by atoms with E-state index in [4.69, 9.17) is 16.3 Å². The average molecular weight is 490 g/mol. The van der Waals surface area contributed by atoms with Crippen molar-refractivity contribution in [1.29, 1.82) is 0 Å². The molecule has 0 radical (unpaired) electrons. The van der Waals surface area contributed by atoms with Gasteiger partial charge in [-0.05, 0) is 23.1 Å². The maximum absolute atomic E-state index is 13.6. The number of rotatable bonds is 8. The summed E-state index contributed by atoms with van der Waals surface area (Å²) in [5.41, 5.74) is -0.747. The van der Waals surface area contributed by atoms with Crippen LogP contribution in [-0.2, 0) is 31.1 Å². The van der Waals surface area contributed by atoms with Crippen LogP contribution < -0.4 is 0 Å². The number of piperazine rings is 1. The predicted octanol–water partition coefficient (Wildman–Crippen LogP) is 2.78. The standard InChI is InChI=1S/C24H28ClN3O4S/c1-32-13-12-28-22(30)16-24(23(28)31,19-6-2-3-7-20(19)25)15-21(29)27-10-8-26(9-11-27)17-18-5-4-14-33-18/h2-7,14H,8-13,15-17H2,1H3/t24-/m0/s1. The minimum Gasteiger partial charge on any atom is -0.383 e. The van der Waals surface area contributed by atoms with Gasteiger partial charge in [0, 0.05) is 62.6 Å². The third-order valence-corrected chi connectivity index (χ3v) is 7.65. The molecule has 1 aromatic heterocycles. The second-order valence-electron chi connectivity index (χ2n) is 8.50. The van der Waals surface area contributed by atoms with Gasteiger partial charge in [0.25, 0.3) is 0 Å². The van der Waals surface area contributed by atoms with Gasteiger partial charge in [-0.1, -0.05) is 35.9 Å². The first-order chi connectivity index (χ1) is 15.9. The van der Waals surface area contributed by atoms with Crippen LogP contribution in [0.2, 0.25) is 5.02 Å². The van der Waals surface area contributed by atoms with Crippen LogP contribution >= 0.6 is 22.9 Å². The minimum absolute atomic E-state index is 0.0661. The Morgan fingerprint density at radius 1 is 1.12 bits per heavy atom. The zero-order valence-electron chi connectivity index (χ0n) is 18.7. The third-order valence-electron chi connectivity index (χ3n) is 6.45. The molecule has 1 aromatic carbocycles. The highest BCUT2D eigenvalue weighted by Gasteiger charge is 2.54. The number of likely N-dealkylation sites (tertiary alicyclic amines) is 1. The van der Waals surface area contributed by atoms with E-state index < -0.39 is 5.41 Å². The molecule has 176 valence electrons. The molecule has 0 saturated carbocycles. The number of amides is 3. The van der Waals surface area contributed by atoms with E-state index >= 15 is 0 Å². The fourth-order valence-electron chi connectivity index (χ4n) is 4.65. The van der Waals surface area contributed by atoms with Gasteiger partial charge >= 0.3 is 0 Å². The van der Waals surface area contributed by atoms with E-state index in [1.165, 1.54) is 16.9 Å². The number of benzene rings is 1. The van der Waals surface area contributed by atoms with Gasteiger partial charge in [0.2, 0.25) is 17.7 Å². The fraction of sp³-hybridized carbons (Fsp3) is 0.458. The predicted molar refractivity (Wildman–Crippen MR) is 127 cm³/mol. The lowest BCUT2D eigenvalue weighted by Gasteiger charge is -2.36. The number of thiophene rings is 1. The van der Waals surface area contributed by atoms with E-state index in [9.17, 15) is 14.4 Å². The van der Waals surface area contributed by atoms with Crippen LogP contribution in [0.15, 0.2) is 41.8 Å². The van der Waals surface area contributed by atoms with Crippen LogP contribution in [0, 0.1) is 0 Å². The molecule has 4 rings (SSSR count). The number of imide groups is 1. The van der Waals surface area contributed by atoms with Crippen LogP contribution in [0.25, 0.3) is 0 Å². The molecule has 7 nitrogen and oxygen atoms in total. The molecular formula is C24H28ClN3O4S. The number of carbonyl (C=O) groups excluding carboxylic acids is 3. The Kier molecular flexibility index (Phi) is 7.48. The zero-order valence-corrected chi connectivity index (χ0v) is 20.2. The van der Waals surface area contributed by atoms with Crippen LogP contribution in [0.3, 0.4) is 0 Å². The normalized spacial score (nSPS) is 21.8. The molecule has 3 heterocycles. The van der Waals surface area contributed by atoms with Crippen molar-refractivity contribution in [2.24, 2.45) is 0 Å². The van der Waals surface area contributed by atoms with Gasteiger partial charge < -0.3 is 9.64 Å². The number of carbonyl (C=O) groups is 3. The molecular weight excluding hydrogens is 462 g/mol. The van der Waals surface area contributed by atoms with Crippen molar-refractivity contribution in [1.82, 2.24) is 14.7 Å². The highest BCUT2D eigenvalue weighted by molar-refractivity contribution is 7.09. The molecule has 9 heteroatoms. The van der Waals surface area contributed by atoms with Crippen molar-refractivity contribution >= 4 is 40.7 Å². The summed E-state index contributed by atoms with van der Waals surface area (Å²) in [5, 5.41) is 2.46. The summed E-state index contributed by atoms with van der Waals surface area (Å²) in [6.07, 6.45) is -0.140. The number of halogens is 1. The summed E-state index contributed by atoms with van der Waals surface area (Å²) in [6.45, 7) is 4.03. The lowest BCUT2D eigenvalue weighted by Crippen LogP contribution is -2.50. The second-order valence-corrected chi connectivity index (χ2v) is 9.93. The van der Waals surface area contributed by atoms with E-state index in [0.29, 0.717) is 23.7 Å². The molecule has 2 aromatic rings. The van der Waals surface area contributed by atoms with Crippen molar-refractivity contribution in [3.63, 3.8) is 0 Å². The summed E-state index contributed by atoms with van der Waals surface area (Å²) in [6, 6.07) is 11.2. The van der Waals surface area contributed by atoms with Crippen molar-refractivity contribution in [3.8, 4) is 0 Å². The summed E-state index contributed by atoms with van der Waals surface area (Å²) in [7, 11) is 1.52. The molecule has 0 bridgehead atoms. The first kappa shape index (κ1) is 23.9. The number of nitrogens with zero attached hydrogens (tertiary/aromatic N) is 3. The molecule has 2 fully saturated rings. The summed E-state index contributed by atoms with van der Waals surface area (Å²) >= 11 is 8.21. The number of hydrogen-bond acceptors (Lipinski definition) is 6. The molecule has 0 aliphatic carbocycles. The van der Waals surface area contributed by atoms with E-state index in [1.54, 1.807) is 40.5 Å². The number of ether oxygens (including phenoxy) is 1. The summed E-state index contributed by atoms with van der Waals surface area (Å²) in [5.74, 6) is -0.798. The Morgan fingerprint density at radius 3 is 2.55 bits per heavy atom.